The van der Waals surface area contributed by atoms with Crippen molar-refractivity contribution >= 4 is 29.0 Å². The highest BCUT2D eigenvalue weighted by molar-refractivity contribution is 7.99. The summed E-state index contributed by atoms with van der Waals surface area (Å²) < 4.78 is 6.79. The molecule has 1 aromatic carbocycles. The quantitative estimate of drug-likeness (QED) is 0.649. The highest BCUT2D eigenvalue weighted by atomic mass is 32.2. The van der Waals surface area contributed by atoms with Crippen molar-refractivity contribution in [3.8, 4) is 11.4 Å². The lowest BCUT2D eigenvalue weighted by molar-refractivity contribution is -0.118. The van der Waals surface area contributed by atoms with Crippen LogP contribution in [0.4, 0.5) is 0 Å². The van der Waals surface area contributed by atoms with E-state index in [2.05, 4.69) is 20.8 Å². The molecule has 0 aliphatic heterocycles. The van der Waals surface area contributed by atoms with Crippen LogP contribution in [0.2, 0.25) is 0 Å². The fourth-order valence-electron chi connectivity index (χ4n) is 1.95. The number of aromatic nitrogens is 4. The summed E-state index contributed by atoms with van der Waals surface area (Å²) in [7, 11) is 1.60. The first-order valence-corrected chi connectivity index (χ1v) is 8.97. The first kappa shape index (κ1) is 16.5. The lowest BCUT2D eigenvalue weighted by Crippen LogP contribution is -2.24. The van der Waals surface area contributed by atoms with Gasteiger partial charge in [-0.3, -0.25) is 4.79 Å². The highest BCUT2D eigenvalue weighted by Gasteiger charge is 2.12. The Hall–Kier alpha value is -2.39. The minimum Gasteiger partial charge on any atom is -0.497 e. The average molecular weight is 361 g/mol. The molecule has 3 rings (SSSR count). The van der Waals surface area contributed by atoms with Crippen LogP contribution >= 0.6 is 23.1 Å². The van der Waals surface area contributed by atoms with Crippen LogP contribution in [0.5, 0.6) is 5.75 Å². The molecule has 2 heterocycles. The van der Waals surface area contributed by atoms with Crippen molar-refractivity contribution in [2.24, 2.45) is 0 Å². The molecule has 0 spiro atoms. The van der Waals surface area contributed by atoms with Crippen LogP contribution in [0.3, 0.4) is 0 Å². The number of methoxy groups -OCH3 is 1. The van der Waals surface area contributed by atoms with Crippen LogP contribution in [0.25, 0.3) is 5.69 Å². The number of hydrogen-bond acceptors (Lipinski definition) is 7. The molecule has 9 heteroatoms. The Bertz CT molecular complexity index is 804. The molecule has 2 aromatic heterocycles. The third kappa shape index (κ3) is 4.12. The number of nitrogens with one attached hydrogen (secondary N) is 1. The summed E-state index contributed by atoms with van der Waals surface area (Å²) in [5, 5.41) is 17.1. The molecule has 0 aliphatic rings. The van der Waals surface area contributed by atoms with Crippen molar-refractivity contribution < 1.29 is 9.53 Å². The number of ether oxygens (including phenoxy) is 1. The smallest absolute Gasteiger partial charge is 0.230 e. The Morgan fingerprint density at radius 3 is 3.08 bits per heavy atom. The summed E-state index contributed by atoms with van der Waals surface area (Å²) in [6.07, 6.45) is 0. The van der Waals surface area contributed by atoms with Gasteiger partial charge < -0.3 is 10.1 Å². The van der Waals surface area contributed by atoms with E-state index in [1.807, 2.05) is 41.8 Å². The maximum Gasteiger partial charge on any atom is 0.230 e. The van der Waals surface area contributed by atoms with E-state index in [-0.39, 0.29) is 11.7 Å². The Morgan fingerprint density at radius 1 is 1.38 bits per heavy atom. The molecule has 3 aromatic rings. The molecular formula is C15H15N5O2S2. The number of thiophene rings is 1. The highest BCUT2D eigenvalue weighted by Crippen LogP contribution is 2.21. The Labute approximate surface area is 147 Å². The molecule has 0 saturated carbocycles. The van der Waals surface area contributed by atoms with Gasteiger partial charge in [0.2, 0.25) is 11.1 Å². The van der Waals surface area contributed by atoms with Gasteiger partial charge in [0.15, 0.2) is 0 Å². The van der Waals surface area contributed by atoms with Gasteiger partial charge in [-0.1, -0.05) is 23.9 Å². The fourth-order valence-corrected chi connectivity index (χ4v) is 3.32. The second kappa shape index (κ2) is 7.93. The number of amides is 1. The predicted molar refractivity (Wildman–Crippen MR) is 92.6 cm³/mol. The standard InChI is InChI=1S/C15H15N5O2S2/c1-22-12-5-2-4-11(8-12)20-15(17-18-19-20)24-10-14(21)16-9-13-6-3-7-23-13/h2-8H,9-10H2,1H3,(H,16,21). The van der Waals surface area contributed by atoms with Crippen LogP contribution in [0, 0.1) is 0 Å². The Morgan fingerprint density at radius 2 is 2.29 bits per heavy atom. The fraction of sp³-hybridized carbons (Fsp3) is 0.200. The number of carbonyl (C=O) groups excluding carboxylic acids is 1. The van der Waals surface area contributed by atoms with E-state index >= 15 is 0 Å². The second-order valence-corrected chi connectivity index (χ2v) is 6.69. The van der Waals surface area contributed by atoms with Gasteiger partial charge in [-0.05, 0) is 34.0 Å². The molecule has 1 amide bonds. The number of nitrogens with zero attached hydrogens (tertiary/aromatic N) is 4. The Balaban J connectivity index is 1.60. The zero-order valence-corrected chi connectivity index (χ0v) is 14.5. The lowest BCUT2D eigenvalue weighted by Gasteiger charge is -2.06. The molecule has 0 radical (unpaired) electrons. The van der Waals surface area contributed by atoms with Crippen molar-refractivity contribution in [3.63, 3.8) is 0 Å². The number of carbonyl (C=O) groups is 1. The molecule has 1 N–H and O–H groups in total. The van der Waals surface area contributed by atoms with E-state index in [9.17, 15) is 4.79 Å². The molecule has 0 aliphatic carbocycles. The van der Waals surface area contributed by atoms with Crippen LogP contribution in [-0.4, -0.2) is 39.0 Å². The third-order valence-electron chi connectivity index (χ3n) is 3.11. The van der Waals surface area contributed by atoms with Gasteiger partial charge in [-0.25, -0.2) is 0 Å². The molecule has 24 heavy (non-hydrogen) atoms. The summed E-state index contributed by atoms with van der Waals surface area (Å²) >= 11 is 2.90. The predicted octanol–water partition coefficient (Wildman–Crippen LogP) is 2.14. The summed E-state index contributed by atoms with van der Waals surface area (Å²) in [4.78, 5) is 13.1. The number of thioether (sulfide) groups is 1. The van der Waals surface area contributed by atoms with Crippen molar-refractivity contribution in [1.82, 2.24) is 25.5 Å². The van der Waals surface area contributed by atoms with E-state index in [1.165, 1.54) is 11.8 Å². The largest absolute Gasteiger partial charge is 0.497 e. The van der Waals surface area contributed by atoms with E-state index in [4.69, 9.17) is 4.74 Å². The van der Waals surface area contributed by atoms with Crippen LogP contribution in [-0.2, 0) is 11.3 Å². The number of rotatable bonds is 7. The SMILES string of the molecule is COc1cccc(-n2nnnc2SCC(=O)NCc2cccs2)c1. The molecule has 0 atom stereocenters. The maximum absolute atomic E-state index is 12.0. The van der Waals surface area contributed by atoms with Gasteiger partial charge in [-0.2, -0.15) is 4.68 Å². The summed E-state index contributed by atoms with van der Waals surface area (Å²) in [6.45, 7) is 0.540. The minimum absolute atomic E-state index is 0.0615. The van der Waals surface area contributed by atoms with E-state index < -0.39 is 0 Å². The number of tetrazole rings is 1. The first-order chi connectivity index (χ1) is 11.8. The van der Waals surface area contributed by atoms with Crippen molar-refractivity contribution in [2.75, 3.05) is 12.9 Å². The van der Waals surface area contributed by atoms with Crippen molar-refractivity contribution in [1.29, 1.82) is 0 Å². The van der Waals surface area contributed by atoms with Crippen LogP contribution in [0.1, 0.15) is 4.88 Å². The third-order valence-corrected chi connectivity index (χ3v) is 4.91. The second-order valence-electron chi connectivity index (χ2n) is 4.72. The Kier molecular flexibility index (Phi) is 5.44. The van der Waals surface area contributed by atoms with Crippen molar-refractivity contribution in [3.05, 3.63) is 46.7 Å². The van der Waals surface area contributed by atoms with Gasteiger partial charge in [0.05, 0.1) is 25.1 Å². The zero-order valence-electron chi connectivity index (χ0n) is 12.9. The minimum atomic E-state index is -0.0615. The van der Waals surface area contributed by atoms with Crippen molar-refractivity contribution in [2.45, 2.75) is 11.7 Å². The summed E-state index contributed by atoms with van der Waals surface area (Å²) in [6, 6.07) is 11.4. The average Bonchev–Trinajstić information content (AvgIpc) is 3.29. The lowest BCUT2D eigenvalue weighted by atomic mass is 10.3. The van der Waals surface area contributed by atoms with Crippen LogP contribution in [0.15, 0.2) is 46.9 Å². The van der Waals surface area contributed by atoms with Gasteiger partial charge in [0, 0.05) is 10.9 Å². The molecule has 124 valence electrons. The topological polar surface area (TPSA) is 81.9 Å². The van der Waals surface area contributed by atoms with Crippen LogP contribution < -0.4 is 10.1 Å². The maximum atomic E-state index is 12.0. The number of hydrogen-bond donors (Lipinski definition) is 1. The van der Waals surface area contributed by atoms with Gasteiger partial charge in [0.25, 0.3) is 0 Å². The monoisotopic (exact) mass is 361 g/mol. The summed E-state index contributed by atoms with van der Waals surface area (Å²) in [5.41, 5.74) is 0.779. The van der Waals surface area contributed by atoms with E-state index in [0.29, 0.717) is 17.5 Å². The molecule has 0 saturated heterocycles. The molecule has 0 bridgehead atoms. The zero-order chi connectivity index (χ0) is 16.8. The summed E-state index contributed by atoms with van der Waals surface area (Å²) in [5.74, 6) is 0.900. The molecule has 0 fully saturated rings. The van der Waals surface area contributed by atoms with Gasteiger partial charge in [0.1, 0.15) is 5.75 Å². The van der Waals surface area contributed by atoms with Gasteiger partial charge in [-0.15, -0.1) is 16.4 Å². The first-order valence-electron chi connectivity index (χ1n) is 7.11. The normalized spacial score (nSPS) is 10.5. The molecule has 0 unspecified atom stereocenters. The number of benzene rings is 1. The molecule has 7 nitrogen and oxygen atoms in total. The van der Waals surface area contributed by atoms with Gasteiger partial charge >= 0.3 is 0 Å². The van der Waals surface area contributed by atoms with E-state index in [0.717, 1.165) is 10.6 Å². The molecular weight excluding hydrogens is 346 g/mol. The van der Waals surface area contributed by atoms with E-state index in [1.54, 1.807) is 23.1 Å².